The molecule has 0 radical (unpaired) electrons. The van der Waals surface area contributed by atoms with Crippen LogP contribution in [0, 0.1) is 11.2 Å². The summed E-state index contributed by atoms with van der Waals surface area (Å²) in [6, 6.07) is 16.7. The Labute approximate surface area is 230 Å². The Bertz CT molecular complexity index is 1340. The van der Waals surface area contributed by atoms with Gasteiger partial charge in [0.15, 0.2) is 0 Å². The van der Waals surface area contributed by atoms with E-state index in [2.05, 4.69) is 33.8 Å². The lowest BCUT2D eigenvalue weighted by atomic mass is 9.76. The van der Waals surface area contributed by atoms with Gasteiger partial charge in [-0.1, -0.05) is 45.9 Å². The molecule has 0 fully saturated rings. The van der Waals surface area contributed by atoms with Crippen molar-refractivity contribution in [3.63, 3.8) is 0 Å². The fraction of sp³-hybridized carbons (Fsp3) is 0.424. The van der Waals surface area contributed by atoms with Crippen molar-refractivity contribution in [2.24, 2.45) is 5.41 Å². The van der Waals surface area contributed by atoms with Crippen LogP contribution in [0.5, 0.6) is 11.5 Å². The minimum Gasteiger partial charge on any atom is -0.497 e. The van der Waals surface area contributed by atoms with Gasteiger partial charge in [-0.15, -0.1) is 0 Å². The molecule has 39 heavy (non-hydrogen) atoms. The third-order valence-corrected chi connectivity index (χ3v) is 7.98. The molecule has 2 atom stereocenters. The Morgan fingerprint density at radius 3 is 2.41 bits per heavy atom. The van der Waals surface area contributed by atoms with Gasteiger partial charge in [0.1, 0.15) is 23.9 Å². The molecular weight excluding hydrogens is 495 g/mol. The van der Waals surface area contributed by atoms with Gasteiger partial charge in [0.25, 0.3) is 0 Å². The summed E-state index contributed by atoms with van der Waals surface area (Å²) in [4.78, 5) is 11.6. The van der Waals surface area contributed by atoms with E-state index < -0.39 is 5.97 Å². The monoisotopic (exact) mass is 534 g/mol. The zero-order valence-electron chi connectivity index (χ0n) is 23.8. The van der Waals surface area contributed by atoms with Crippen molar-refractivity contribution in [3.05, 3.63) is 82.7 Å². The van der Waals surface area contributed by atoms with Crippen molar-refractivity contribution < 1.29 is 28.5 Å². The number of rotatable bonds is 10. The number of carboxylic acid groups (broad SMARTS) is 1. The van der Waals surface area contributed by atoms with Gasteiger partial charge in [-0.05, 0) is 88.9 Å². The van der Waals surface area contributed by atoms with Gasteiger partial charge < -0.3 is 19.3 Å². The summed E-state index contributed by atoms with van der Waals surface area (Å²) in [7, 11) is 3.24. The standard InChI is InChI=1S/C33H39FO5/c1-7-33(19-30(35)36)15-14-22-9-10-24(18-28(22)33)39-20-21-8-12-25(26-17-23(37-5)11-13-29(26)34)27(16-21)31(38-6)32(2,3)4/h8-13,16-18,31H,7,14-15,19-20H2,1-6H3,(H,35,36)/t31-,33-/m0/s1. The molecule has 1 N–H and O–H groups in total. The molecule has 5 nitrogen and oxygen atoms in total. The fourth-order valence-electron chi connectivity index (χ4n) is 5.95. The highest BCUT2D eigenvalue weighted by Gasteiger charge is 2.39. The molecule has 3 aromatic carbocycles. The second kappa shape index (κ2) is 11.4. The van der Waals surface area contributed by atoms with E-state index in [9.17, 15) is 9.90 Å². The van der Waals surface area contributed by atoms with Crippen LogP contribution in [0.4, 0.5) is 4.39 Å². The summed E-state index contributed by atoms with van der Waals surface area (Å²) < 4.78 is 32.6. The SMILES string of the molecule is CC[C@@]1(CC(=O)O)CCc2ccc(OCc3ccc(-c4cc(OC)ccc4F)c([C@H](OC)C(C)(C)C)c3)cc21. The first-order valence-corrected chi connectivity index (χ1v) is 13.5. The Hall–Kier alpha value is -3.38. The van der Waals surface area contributed by atoms with Crippen LogP contribution in [0.25, 0.3) is 11.1 Å². The number of carbonyl (C=O) groups is 1. The van der Waals surface area contributed by atoms with Gasteiger partial charge in [-0.25, -0.2) is 4.39 Å². The molecule has 0 unspecified atom stereocenters. The molecule has 0 saturated heterocycles. The highest BCUT2D eigenvalue weighted by atomic mass is 19.1. The van der Waals surface area contributed by atoms with Crippen molar-refractivity contribution in [1.82, 2.24) is 0 Å². The number of fused-ring (bicyclic) bond motifs is 1. The summed E-state index contributed by atoms with van der Waals surface area (Å²) >= 11 is 0. The fourth-order valence-corrected chi connectivity index (χ4v) is 5.95. The number of ether oxygens (including phenoxy) is 3. The molecular formula is C33H39FO5. The molecule has 0 aromatic heterocycles. The third-order valence-electron chi connectivity index (χ3n) is 7.98. The number of halogens is 1. The van der Waals surface area contributed by atoms with Crippen LogP contribution >= 0.6 is 0 Å². The molecule has 0 saturated carbocycles. The maximum absolute atomic E-state index is 15.0. The Morgan fingerprint density at radius 1 is 1.03 bits per heavy atom. The summed E-state index contributed by atoms with van der Waals surface area (Å²) in [6.07, 6.45) is 2.32. The van der Waals surface area contributed by atoms with E-state index >= 15 is 4.39 Å². The van der Waals surface area contributed by atoms with E-state index in [1.165, 1.54) is 11.6 Å². The Morgan fingerprint density at radius 2 is 1.77 bits per heavy atom. The van der Waals surface area contributed by atoms with Crippen LogP contribution in [0.2, 0.25) is 0 Å². The van der Waals surface area contributed by atoms with Gasteiger partial charge in [0.2, 0.25) is 0 Å². The van der Waals surface area contributed by atoms with Crippen LogP contribution in [-0.4, -0.2) is 25.3 Å². The lowest BCUT2D eigenvalue weighted by Crippen LogP contribution is -2.25. The Balaban J connectivity index is 1.68. The maximum atomic E-state index is 15.0. The second-order valence-electron chi connectivity index (χ2n) is 11.6. The number of aryl methyl sites for hydroxylation is 1. The summed E-state index contributed by atoms with van der Waals surface area (Å²) in [5, 5.41) is 9.54. The minimum atomic E-state index is -0.775. The van der Waals surface area contributed by atoms with Crippen molar-refractivity contribution in [2.45, 2.75) is 71.5 Å². The maximum Gasteiger partial charge on any atom is 0.304 e. The number of methoxy groups -OCH3 is 2. The second-order valence-corrected chi connectivity index (χ2v) is 11.6. The molecule has 0 heterocycles. The van der Waals surface area contributed by atoms with Crippen molar-refractivity contribution in [2.75, 3.05) is 14.2 Å². The topological polar surface area (TPSA) is 65.0 Å². The van der Waals surface area contributed by atoms with Gasteiger partial charge in [0.05, 0.1) is 19.6 Å². The number of benzene rings is 3. The zero-order chi connectivity index (χ0) is 28.4. The smallest absolute Gasteiger partial charge is 0.304 e. The normalized spacial score (nSPS) is 17.5. The van der Waals surface area contributed by atoms with Gasteiger partial charge >= 0.3 is 5.97 Å². The molecule has 208 valence electrons. The summed E-state index contributed by atoms with van der Waals surface area (Å²) in [5.41, 5.74) is 4.69. The predicted molar refractivity (Wildman–Crippen MR) is 151 cm³/mol. The molecule has 1 aliphatic carbocycles. The molecule has 0 amide bonds. The summed E-state index contributed by atoms with van der Waals surface area (Å²) in [5.74, 6) is 0.186. The van der Waals surface area contributed by atoms with Crippen molar-refractivity contribution >= 4 is 5.97 Å². The zero-order valence-corrected chi connectivity index (χ0v) is 23.8. The highest BCUT2D eigenvalue weighted by molar-refractivity contribution is 5.71. The average Bonchev–Trinajstić information content (AvgIpc) is 3.25. The van der Waals surface area contributed by atoms with Crippen LogP contribution in [0.1, 0.15) is 75.3 Å². The average molecular weight is 535 g/mol. The number of carboxylic acids is 1. The first-order valence-electron chi connectivity index (χ1n) is 13.5. The van der Waals surface area contributed by atoms with Crippen LogP contribution in [0.15, 0.2) is 54.6 Å². The van der Waals surface area contributed by atoms with E-state index in [0.717, 1.165) is 41.5 Å². The quantitative estimate of drug-likeness (QED) is 0.287. The lowest BCUT2D eigenvalue weighted by molar-refractivity contribution is -0.138. The lowest BCUT2D eigenvalue weighted by Gasteiger charge is -2.32. The molecule has 0 bridgehead atoms. The van der Waals surface area contributed by atoms with E-state index in [1.54, 1.807) is 26.4 Å². The summed E-state index contributed by atoms with van der Waals surface area (Å²) in [6.45, 7) is 8.65. The largest absolute Gasteiger partial charge is 0.497 e. The highest BCUT2D eigenvalue weighted by Crippen LogP contribution is 2.46. The Kier molecular flexibility index (Phi) is 8.36. The van der Waals surface area contributed by atoms with Crippen LogP contribution in [0.3, 0.4) is 0 Å². The number of hydrogen-bond acceptors (Lipinski definition) is 4. The predicted octanol–water partition coefficient (Wildman–Crippen LogP) is 7.88. The van der Waals surface area contributed by atoms with E-state index in [-0.39, 0.29) is 29.2 Å². The molecule has 4 rings (SSSR count). The third kappa shape index (κ3) is 5.96. The van der Waals surface area contributed by atoms with Gasteiger partial charge in [-0.2, -0.15) is 0 Å². The van der Waals surface area contributed by atoms with Crippen LogP contribution in [-0.2, 0) is 28.0 Å². The first-order chi connectivity index (χ1) is 18.5. The van der Waals surface area contributed by atoms with E-state index in [1.807, 2.05) is 30.3 Å². The van der Waals surface area contributed by atoms with Crippen molar-refractivity contribution in [1.29, 1.82) is 0 Å². The molecule has 6 heteroatoms. The van der Waals surface area contributed by atoms with E-state index in [0.29, 0.717) is 23.7 Å². The van der Waals surface area contributed by atoms with Crippen molar-refractivity contribution in [3.8, 4) is 22.6 Å². The van der Waals surface area contributed by atoms with Gasteiger partial charge in [-0.3, -0.25) is 4.79 Å². The van der Waals surface area contributed by atoms with Gasteiger partial charge in [0, 0.05) is 18.1 Å². The van der Waals surface area contributed by atoms with E-state index in [4.69, 9.17) is 14.2 Å². The van der Waals surface area contributed by atoms with Crippen LogP contribution < -0.4 is 9.47 Å². The number of aliphatic carboxylic acids is 1. The number of hydrogen-bond donors (Lipinski definition) is 1. The molecule has 0 spiro atoms. The molecule has 3 aromatic rings. The molecule has 1 aliphatic rings. The minimum absolute atomic E-state index is 0.122. The first kappa shape index (κ1) is 28.6. The molecule has 0 aliphatic heterocycles.